The Balaban J connectivity index is 5.23. The molecule has 0 rings (SSSR count). The number of rotatable bonds is 77. The van der Waals surface area contributed by atoms with Crippen LogP contribution in [-0.2, 0) is 65.4 Å². The Labute approximate surface area is 600 Å². The summed E-state index contributed by atoms with van der Waals surface area (Å²) in [6.07, 6.45) is 57.0. The molecule has 0 bridgehead atoms. The van der Waals surface area contributed by atoms with E-state index in [0.29, 0.717) is 31.6 Å². The van der Waals surface area contributed by atoms with Gasteiger partial charge in [0.2, 0.25) is 0 Å². The smallest absolute Gasteiger partial charge is 0.462 e. The highest BCUT2D eigenvalue weighted by Crippen LogP contribution is 2.45. The molecule has 0 aromatic rings. The first kappa shape index (κ1) is 96.1. The number of phosphoric acid groups is 2. The number of unbranched alkanes of at least 4 members (excludes halogenated alkanes) is 45. The van der Waals surface area contributed by atoms with Crippen LogP contribution in [0.5, 0.6) is 0 Å². The number of phosphoric ester groups is 2. The van der Waals surface area contributed by atoms with Crippen molar-refractivity contribution in [1.29, 1.82) is 0 Å². The molecule has 2 unspecified atom stereocenters. The predicted octanol–water partition coefficient (Wildman–Crippen LogP) is 23.4. The molecule has 0 aliphatic heterocycles. The first-order valence-corrected chi connectivity index (χ1v) is 43.8. The van der Waals surface area contributed by atoms with E-state index in [1.165, 1.54) is 212 Å². The first-order chi connectivity index (χ1) is 47.2. The second-order valence-electron chi connectivity index (χ2n) is 29.9. The molecular formula is C79H154O17P2. The zero-order valence-electron chi connectivity index (χ0n) is 64.3. The van der Waals surface area contributed by atoms with Crippen molar-refractivity contribution >= 4 is 39.5 Å². The monoisotopic (exact) mass is 1440 g/mol. The van der Waals surface area contributed by atoms with Gasteiger partial charge in [-0.1, -0.05) is 357 Å². The Kier molecular flexibility index (Phi) is 68.1. The van der Waals surface area contributed by atoms with E-state index in [1.807, 2.05) is 0 Å². The minimum atomic E-state index is -4.96. The molecule has 0 aliphatic rings. The third kappa shape index (κ3) is 72.4. The lowest BCUT2D eigenvalue weighted by atomic mass is 10.0. The fraction of sp³-hybridized carbons (Fsp3) is 0.949. The summed E-state index contributed by atoms with van der Waals surface area (Å²) in [4.78, 5) is 72.9. The molecule has 0 saturated carbocycles. The van der Waals surface area contributed by atoms with Crippen LogP contribution in [0, 0.1) is 17.8 Å². The molecule has 582 valence electrons. The number of esters is 4. The Bertz CT molecular complexity index is 1900. The Morgan fingerprint density at radius 1 is 0.276 bits per heavy atom. The van der Waals surface area contributed by atoms with Gasteiger partial charge in [-0.2, -0.15) is 0 Å². The molecule has 0 aliphatic carbocycles. The van der Waals surface area contributed by atoms with Crippen molar-refractivity contribution in [3.8, 4) is 0 Å². The van der Waals surface area contributed by atoms with Crippen LogP contribution in [0.15, 0.2) is 0 Å². The van der Waals surface area contributed by atoms with E-state index >= 15 is 0 Å². The lowest BCUT2D eigenvalue weighted by Gasteiger charge is -2.21. The topological polar surface area (TPSA) is 237 Å². The van der Waals surface area contributed by atoms with Gasteiger partial charge in [0, 0.05) is 25.7 Å². The van der Waals surface area contributed by atoms with Crippen molar-refractivity contribution in [2.24, 2.45) is 17.8 Å². The largest absolute Gasteiger partial charge is 0.472 e. The van der Waals surface area contributed by atoms with Crippen LogP contribution in [0.25, 0.3) is 0 Å². The Morgan fingerprint density at radius 2 is 0.469 bits per heavy atom. The van der Waals surface area contributed by atoms with E-state index in [0.717, 1.165) is 108 Å². The third-order valence-corrected chi connectivity index (χ3v) is 20.3. The summed E-state index contributed by atoms with van der Waals surface area (Å²) < 4.78 is 68.6. The van der Waals surface area contributed by atoms with Gasteiger partial charge in [-0.05, 0) is 43.4 Å². The summed E-state index contributed by atoms with van der Waals surface area (Å²) in [5.74, 6) is 0.144. The van der Waals surface area contributed by atoms with Crippen LogP contribution in [0.1, 0.15) is 408 Å². The number of aliphatic hydroxyl groups is 1. The maximum atomic E-state index is 13.1. The summed E-state index contributed by atoms with van der Waals surface area (Å²) in [5, 5.41) is 10.6. The molecular weight excluding hydrogens is 1280 g/mol. The minimum Gasteiger partial charge on any atom is -0.462 e. The van der Waals surface area contributed by atoms with E-state index in [4.69, 9.17) is 37.0 Å². The highest BCUT2D eigenvalue weighted by Gasteiger charge is 2.30. The Morgan fingerprint density at radius 3 is 0.694 bits per heavy atom. The van der Waals surface area contributed by atoms with Crippen LogP contribution >= 0.6 is 15.6 Å². The second-order valence-corrected chi connectivity index (χ2v) is 32.8. The van der Waals surface area contributed by atoms with Crippen LogP contribution in [0.4, 0.5) is 0 Å². The summed E-state index contributed by atoms with van der Waals surface area (Å²) in [7, 11) is -9.92. The zero-order valence-corrected chi connectivity index (χ0v) is 66.0. The SMILES string of the molecule is CCCCCCCCCCCCCCCCCCC(=O)OC[C@H](COP(=O)(O)OC[C@@H](O)COP(=O)(O)OC[C@@H](COC(=O)CCCCCCCCC(C)C)OC(=O)CCCCCCCCCCCCCCC(C)C)OC(=O)CCCCCCCCCCCCCCCCCC(C)C. The quantitative estimate of drug-likeness (QED) is 0.0222. The van der Waals surface area contributed by atoms with Gasteiger partial charge >= 0.3 is 39.5 Å². The number of aliphatic hydroxyl groups excluding tert-OH is 1. The molecule has 17 nitrogen and oxygen atoms in total. The number of carbonyl (C=O) groups excluding carboxylic acids is 4. The number of ether oxygens (including phenoxy) is 4. The summed E-state index contributed by atoms with van der Waals surface area (Å²) >= 11 is 0. The van der Waals surface area contributed by atoms with Crippen molar-refractivity contribution in [3.63, 3.8) is 0 Å². The van der Waals surface area contributed by atoms with Gasteiger partial charge in [0.15, 0.2) is 12.2 Å². The molecule has 19 heteroatoms. The van der Waals surface area contributed by atoms with E-state index in [2.05, 4.69) is 48.5 Å². The normalized spacial score (nSPS) is 14.0. The van der Waals surface area contributed by atoms with E-state index < -0.39 is 97.5 Å². The number of carbonyl (C=O) groups is 4. The lowest BCUT2D eigenvalue weighted by Crippen LogP contribution is -2.30. The molecule has 3 N–H and O–H groups in total. The molecule has 0 amide bonds. The van der Waals surface area contributed by atoms with Crippen LogP contribution in [0.3, 0.4) is 0 Å². The lowest BCUT2D eigenvalue weighted by molar-refractivity contribution is -0.161. The summed E-state index contributed by atoms with van der Waals surface area (Å²) in [5.41, 5.74) is 0. The first-order valence-electron chi connectivity index (χ1n) is 40.8. The fourth-order valence-corrected chi connectivity index (χ4v) is 13.7. The molecule has 0 saturated heterocycles. The van der Waals surface area contributed by atoms with E-state index in [1.54, 1.807) is 0 Å². The van der Waals surface area contributed by atoms with Crippen molar-refractivity contribution in [2.45, 2.75) is 426 Å². The van der Waals surface area contributed by atoms with Gasteiger partial charge in [0.1, 0.15) is 19.3 Å². The second kappa shape index (κ2) is 69.4. The molecule has 0 spiro atoms. The molecule has 98 heavy (non-hydrogen) atoms. The van der Waals surface area contributed by atoms with Crippen LogP contribution in [-0.4, -0.2) is 96.7 Å². The van der Waals surface area contributed by atoms with Crippen molar-refractivity contribution in [3.05, 3.63) is 0 Å². The van der Waals surface area contributed by atoms with Gasteiger partial charge in [0.25, 0.3) is 0 Å². The molecule has 0 fully saturated rings. The third-order valence-electron chi connectivity index (χ3n) is 18.4. The van der Waals surface area contributed by atoms with E-state index in [9.17, 15) is 43.2 Å². The average Bonchev–Trinajstić information content (AvgIpc) is 0.958. The average molecular weight is 1440 g/mol. The molecule has 0 heterocycles. The Hall–Kier alpha value is -1.94. The van der Waals surface area contributed by atoms with Gasteiger partial charge in [-0.15, -0.1) is 0 Å². The molecule has 0 aromatic carbocycles. The highest BCUT2D eigenvalue weighted by atomic mass is 31.2. The molecule has 0 aromatic heterocycles. The van der Waals surface area contributed by atoms with Crippen LogP contribution < -0.4 is 0 Å². The minimum absolute atomic E-state index is 0.106. The number of hydrogen-bond acceptors (Lipinski definition) is 15. The predicted molar refractivity (Wildman–Crippen MR) is 400 cm³/mol. The van der Waals surface area contributed by atoms with Crippen molar-refractivity contribution in [1.82, 2.24) is 0 Å². The van der Waals surface area contributed by atoms with Gasteiger partial charge in [-0.3, -0.25) is 37.3 Å². The maximum Gasteiger partial charge on any atom is 0.472 e. The highest BCUT2D eigenvalue weighted by molar-refractivity contribution is 7.47. The van der Waals surface area contributed by atoms with Gasteiger partial charge in [0.05, 0.1) is 26.4 Å². The summed E-state index contributed by atoms with van der Waals surface area (Å²) in [6, 6.07) is 0. The molecule has 5 atom stereocenters. The van der Waals surface area contributed by atoms with Crippen molar-refractivity contribution in [2.75, 3.05) is 39.6 Å². The van der Waals surface area contributed by atoms with Gasteiger partial charge < -0.3 is 33.8 Å². The fourth-order valence-electron chi connectivity index (χ4n) is 12.1. The van der Waals surface area contributed by atoms with Crippen molar-refractivity contribution < 1.29 is 80.2 Å². The standard InChI is InChI=1S/C79H154O17P2/c1-8-9-10-11-12-13-14-15-16-19-22-28-33-38-46-53-60-76(81)89-66-74(95-78(83)62-55-48-39-34-29-23-20-17-18-21-26-31-36-43-50-57-70(2)3)68-93-97(85,86)91-64-73(80)65-92-98(87,88)94-69-75(67-90-77(82)61-54-47-42-41-45-52-59-72(6)7)96-79(84)63-56-49-40-35-30-25-24-27-32-37-44-51-58-71(4)5/h70-75,80H,8-69H2,1-7H3,(H,85,86)(H,87,88)/t73-,74-,75-/m1/s1. The van der Waals surface area contributed by atoms with Crippen LogP contribution in [0.2, 0.25) is 0 Å². The van der Waals surface area contributed by atoms with E-state index in [-0.39, 0.29) is 25.7 Å². The molecule has 0 radical (unpaired) electrons. The zero-order chi connectivity index (χ0) is 72.3. The summed E-state index contributed by atoms with van der Waals surface area (Å²) in [6.45, 7) is 11.9. The number of hydrogen-bond donors (Lipinski definition) is 3. The van der Waals surface area contributed by atoms with Gasteiger partial charge in [-0.25, -0.2) is 9.13 Å². The maximum absolute atomic E-state index is 13.1.